The molecule has 3 heteroatoms. The van der Waals surface area contributed by atoms with E-state index >= 15 is 0 Å². The summed E-state index contributed by atoms with van der Waals surface area (Å²) in [5, 5.41) is 6.75. The van der Waals surface area contributed by atoms with E-state index in [0.29, 0.717) is 0 Å². The van der Waals surface area contributed by atoms with E-state index in [1.54, 1.807) is 0 Å². The predicted octanol–water partition coefficient (Wildman–Crippen LogP) is 5.85. The zero-order valence-corrected chi connectivity index (χ0v) is 18.1. The number of rotatable bonds is 2. The van der Waals surface area contributed by atoms with E-state index in [-0.39, 0.29) is 20.1 Å². The number of aryl methyl sites for hydroxylation is 2. The van der Waals surface area contributed by atoms with Gasteiger partial charge in [-0.1, -0.05) is 53.4 Å². The summed E-state index contributed by atoms with van der Waals surface area (Å²) in [5.41, 5.74) is 10.3. The fourth-order valence-corrected chi connectivity index (χ4v) is 3.26. The van der Waals surface area contributed by atoms with Crippen LogP contribution >= 0.6 is 0 Å². The van der Waals surface area contributed by atoms with Crippen LogP contribution in [-0.2, 0) is 32.9 Å². The summed E-state index contributed by atoms with van der Waals surface area (Å²) in [5.74, 6) is 0. The van der Waals surface area contributed by atoms with Gasteiger partial charge in [0.05, 0.1) is 0 Å². The molecule has 0 fully saturated rings. The zero-order chi connectivity index (χ0) is 19.1. The topological polar surface area (TPSA) is 35.2 Å². The summed E-state index contributed by atoms with van der Waals surface area (Å²) >= 11 is 0. The van der Waals surface area contributed by atoms with Gasteiger partial charge in [0.2, 0.25) is 0 Å². The van der Waals surface area contributed by atoms with Gasteiger partial charge in [-0.25, -0.2) is 6.72 Å². The van der Waals surface area contributed by atoms with Crippen LogP contribution < -0.4 is 0 Å². The SMILES string of the molecule is C=[N-].CCc1ccnc(-c2[c-]cc3c(c2)Cc2cc(C)ccc2-3)c1.[CH-]=C.[Ir+3]. The number of nitrogens with zero attached hydrogens (tertiary/aromatic N) is 2. The van der Waals surface area contributed by atoms with Gasteiger partial charge in [0, 0.05) is 6.20 Å². The van der Waals surface area contributed by atoms with Crippen LogP contribution in [0.15, 0.2) is 55.2 Å². The molecule has 27 heavy (non-hydrogen) atoms. The molecule has 0 saturated carbocycles. The van der Waals surface area contributed by atoms with Crippen LogP contribution in [0.4, 0.5) is 0 Å². The molecule has 1 aliphatic carbocycles. The Labute approximate surface area is 176 Å². The molecular formula is C24H23IrN2. The van der Waals surface area contributed by atoms with E-state index in [9.17, 15) is 0 Å². The van der Waals surface area contributed by atoms with Gasteiger partial charge in [0.1, 0.15) is 0 Å². The van der Waals surface area contributed by atoms with Crippen LogP contribution in [0.3, 0.4) is 0 Å². The maximum absolute atomic E-state index is 6.75. The molecule has 1 aliphatic rings. The summed E-state index contributed by atoms with van der Waals surface area (Å²) in [7, 11) is 0. The van der Waals surface area contributed by atoms with E-state index in [1.807, 2.05) is 6.20 Å². The summed E-state index contributed by atoms with van der Waals surface area (Å²) in [6.07, 6.45) is 3.94. The minimum absolute atomic E-state index is 0. The molecule has 0 atom stereocenters. The normalized spacial score (nSPS) is 10.1. The molecule has 0 N–H and O–H groups in total. The molecule has 138 valence electrons. The van der Waals surface area contributed by atoms with Gasteiger partial charge in [-0.2, -0.15) is 0 Å². The van der Waals surface area contributed by atoms with E-state index < -0.39 is 0 Å². The molecular weight excluding hydrogens is 508 g/mol. The zero-order valence-electron chi connectivity index (χ0n) is 15.8. The third-order valence-corrected chi connectivity index (χ3v) is 4.48. The van der Waals surface area contributed by atoms with Crippen LogP contribution in [0.5, 0.6) is 0 Å². The van der Waals surface area contributed by atoms with E-state index in [0.717, 1.165) is 24.1 Å². The molecule has 1 heterocycles. The molecule has 2 aromatic carbocycles. The Morgan fingerprint density at radius 2 is 1.78 bits per heavy atom. The minimum Gasteiger partial charge on any atom is -0.817 e. The van der Waals surface area contributed by atoms with Gasteiger partial charge in [-0.05, 0) is 37.1 Å². The van der Waals surface area contributed by atoms with Crippen LogP contribution in [-0.4, -0.2) is 11.7 Å². The van der Waals surface area contributed by atoms with Gasteiger partial charge < -0.3 is 17.0 Å². The second kappa shape index (κ2) is 10.7. The fourth-order valence-electron chi connectivity index (χ4n) is 3.26. The first kappa shape index (κ1) is 22.7. The van der Waals surface area contributed by atoms with Crippen molar-refractivity contribution in [1.82, 2.24) is 4.98 Å². The Kier molecular flexibility index (Phi) is 9.00. The van der Waals surface area contributed by atoms with Crippen molar-refractivity contribution in [3.63, 3.8) is 0 Å². The average molecular weight is 532 g/mol. The maximum Gasteiger partial charge on any atom is 3.00 e. The first-order valence-electron chi connectivity index (χ1n) is 8.57. The molecule has 1 aromatic heterocycles. The summed E-state index contributed by atoms with van der Waals surface area (Å²) in [4.78, 5) is 4.52. The molecule has 0 bridgehead atoms. The average Bonchev–Trinajstić information content (AvgIpc) is 3.07. The van der Waals surface area contributed by atoms with Crippen molar-refractivity contribution in [3.05, 3.63) is 95.5 Å². The Bertz CT molecular complexity index is 901. The van der Waals surface area contributed by atoms with Crippen molar-refractivity contribution in [2.45, 2.75) is 26.7 Å². The number of hydrogen-bond donors (Lipinski definition) is 0. The third-order valence-electron chi connectivity index (χ3n) is 4.48. The van der Waals surface area contributed by atoms with Crippen molar-refractivity contribution in [2.24, 2.45) is 0 Å². The maximum atomic E-state index is 6.75. The van der Waals surface area contributed by atoms with Gasteiger partial charge in [-0.15, -0.1) is 29.3 Å². The minimum atomic E-state index is 0. The van der Waals surface area contributed by atoms with Gasteiger partial charge in [0.15, 0.2) is 0 Å². The number of pyridine rings is 1. The van der Waals surface area contributed by atoms with Gasteiger partial charge >= 0.3 is 20.1 Å². The van der Waals surface area contributed by atoms with Gasteiger partial charge in [-0.3, -0.25) is 6.58 Å². The second-order valence-corrected chi connectivity index (χ2v) is 6.03. The summed E-state index contributed by atoms with van der Waals surface area (Å²) in [6.45, 7) is 13.6. The number of benzene rings is 2. The smallest absolute Gasteiger partial charge is 0.817 e. The quantitative estimate of drug-likeness (QED) is 0.236. The Morgan fingerprint density at radius 1 is 1.07 bits per heavy atom. The van der Waals surface area contributed by atoms with Crippen molar-refractivity contribution in [2.75, 3.05) is 0 Å². The molecule has 0 spiro atoms. The van der Waals surface area contributed by atoms with Gasteiger partial charge in [0.25, 0.3) is 0 Å². The van der Waals surface area contributed by atoms with Crippen LogP contribution in [0.2, 0.25) is 0 Å². The first-order valence-corrected chi connectivity index (χ1v) is 8.57. The number of hydrogen-bond acceptors (Lipinski definition) is 1. The molecule has 0 radical (unpaired) electrons. The van der Waals surface area contributed by atoms with Crippen LogP contribution in [0.1, 0.15) is 29.2 Å². The van der Waals surface area contributed by atoms with E-state index in [1.165, 1.54) is 33.4 Å². The van der Waals surface area contributed by atoms with Crippen molar-refractivity contribution >= 4 is 6.72 Å². The molecule has 4 rings (SSSR count). The molecule has 3 aromatic rings. The van der Waals surface area contributed by atoms with Crippen molar-refractivity contribution in [3.8, 4) is 22.4 Å². The number of aromatic nitrogens is 1. The van der Waals surface area contributed by atoms with Crippen LogP contribution in [0.25, 0.3) is 27.8 Å². The van der Waals surface area contributed by atoms with E-state index in [4.69, 9.17) is 5.41 Å². The Balaban J connectivity index is 0.000000686. The molecule has 0 saturated heterocycles. The van der Waals surface area contributed by atoms with Crippen LogP contribution in [0, 0.1) is 19.6 Å². The largest absolute Gasteiger partial charge is 3.00 e. The number of fused-ring (bicyclic) bond motifs is 3. The molecule has 2 nitrogen and oxygen atoms in total. The third kappa shape index (κ3) is 4.88. The fraction of sp³-hybridized carbons (Fsp3) is 0.167. The monoisotopic (exact) mass is 532 g/mol. The van der Waals surface area contributed by atoms with E-state index in [2.05, 4.69) is 87.2 Å². The van der Waals surface area contributed by atoms with Crippen molar-refractivity contribution in [1.29, 1.82) is 0 Å². The summed E-state index contributed by atoms with van der Waals surface area (Å²) < 4.78 is 0. The standard InChI is InChI=1S/C21H18N.C2H3.CH2N.Ir/c1-3-15-8-9-22-21(11-15)16-5-7-20-18(12-16)13-17-10-14(2)4-6-19(17)20;2*1-2;/h4,6-12H,3,13H2,1-2H3;1H,2H2;1H2;/q3*-1;+3. The Morgan fingerprint density at radius 3 is 2.48 bits per heavy atom. The molecule has 0 unspecified atom stereocenters. The molecule has 0 aliphatic heterocycles. The second-order valence-electron chi connectivity index (χ2n) is 6.03. The first-order chi connectivity index (χ1) is 12.7. The molecule has 0 amide bonds. The summed E-state index contributed by atoms with van der Waals surface area (Å²) in [6, 6.07) is 18.8. The predicted molar refractivity (Wildman–Crippen MR) is 111 cm³/mol. The Hall–Kier alpha value is -2.35. The van der Waals surface area contributed by atoms with Crippen molar-refractivity contribution < 1.29 is 20.1 Å².